The van der Waals surface area contributed by atoms with E-state index in [9.17, 15) is 9.59 Å². The van der Waals surface area contributed by atoms with Crippen LogP contribution in [-0.2, 0) is 32.7 Å². The summed E-state index contributed by atoms with van der Waals surface area (Å²) in [5.41, 5.74) is 0.679. The highest BCUT2D eigenvalue weighted by Crippen LogP contribution is 2.31. The average molecular weight is 475 g/mol. The number of rotatable bonds is 15. The van der Waals surface area contributed by atoms with Crippen LogP contribution in [0.3, 0.4) is 0 Å². The van der Waals surface area contributed by atoms with Gasteiger partial charge in [0.05, 0.1) is 24.2 Å². The van der Waals surface area contributed by atoms with Crippen LogP contribution in [0.5, 0.6) is 0 Å². The molecule has 0 aromatic carbocycles. The highest BCUT2D eigenvalue weighted by atomic mass is 28.4. The van der Waals surface area contributed by atoms with Crippen LogP contribution in [0.1, 0.15) is 41.0 Å². The van der Waals surface area contributed by atoms with E-state index in [1.165, 1.54) is 0 Å². The van der Waals surface area contributed by atoms with Crippen molar-refractivity contribution in [1.82, 2.24) is 0 Å². The van der Waals surface area contributed by atoms with Gasteiger partial charge in [-0.1, -0.05) is 20.1 Å². The topological polar surface area (TPSA) is 80.3 Å². The van der Waals surface area contributed by atoms with Gasteiger partial charge in [0.2, 0.25) is 16.6 Å². The molecular weight excluding hydrogens is 432 g/mol. The van der Waals surface area contributed by atoms with Gasteiger partial charge in [0, 0.05) is 11.1 Å². The zero-order valence-corrected chi connectivity index (χ0v) is 22.9. The third-order valence-corrected chi connectivity index (χ3v) is 12.5. The van der Waals surface area contributed by atoms with E-state index in [1.54, 1.807) is 13.8 Å². The fourth-order valence-electron chi connectivity index (χ4n) is 2.83. The fraction of sp³-hybridized carbons (Fsp3) is 0.727. The van der Waals surface area contributed by atoms with E-state index >= 15 is 0 Å². The molecule has 7 nitrogen and oxygen atoms in total. The van der Waals surface area contributed by atoms with Crippen molar-refractivity contribution in [1.29, 1.82) is 0 Å². The Kier molecular flexibility index (Phi) is 12.2. The molecule has 0 amide bonds. The van der Waals surface area contributed by atoms with Gasteiger partial charge in [0.15, 0.2) is 0 Å². The summed E-state index contributed by atoms with van der Waals surface area (Å²) in [7, 11) is -4.58. The third kappa shape index (κ3) is 10.3. The molecule has 0 aromatic heterocycles. The molecule has 1 unspecified atom stereocenters. The van der Waals surface area contributed by atoms with Crippen LogP contribution in [-0.4, -0.2) is 66.0 Å². The first-order valence-corrected chi connectivity index (χ1v) is 16.6. The van der Waals surface area contributed by atoms with Gasteiger partial charge in [0.25, 0.3) is 0 Å². The van der Waals surface area contributed by atoms with Crippen LogP contribution in [0.25, 0.3) is 0 Å². The van der Waals surface area contributed by atoms with E-state index in [1.807, 2.05) is 0 Å². The molecule has 0 aliphatic heterocycles. The highest BCUT2D eigenvalue weighted by Gasteiger charge is 2.48. The van der Waals surface area contributed by atoms with Crippen LogP contribution in [0, 0.1) is 0 Å². The van der Waals surface area contributed by atoms with Gasteiger partial charge in [0.1, 0.15) is 13.2 Å². The normalized spacial score (nSPS) is 13.5. The van der Waals surface area contributed by atoms with Crippen molar-refractivity contribution in [3.8, 4) is 0 Å². The third-order valence-electron chi connectivity index (χ3n) is 5.23. The quantitative estimate of drug-likeness (QED) is 0.151. The van der Waals surface area contributed by atoms with Gasteiger partial charge in [-0.2, -0.15) is 0 Å². The predicted octanol–water partition coefficient (Wildman–Crippen LogP) is 4.32. The maximum absolute atomic E-state index is 11.5. The first kappa shape index (κ1) is 29.7. The molecule has 9 heteroatoms. The van der Waals surface area contributed by atoms with Crippen LogP contribution in [0.4, 0.5) is 0 Å². The number of esters is 2. The Morgan fingerprint density at radius 2 is 1.32 bits per heavy atom. The smallest absolute Gasteiger partial charge is 0.333 e. The Labute approximate surface area is 190 Å². The first-order valence-electron chi connectivity index (χ1n) is 10.7. The number of hydrogen-bond acceptors (Lipinski definition) is 7. The largest absolute Gasteiger partial charge is 0.460 e. The van der Waals surface area contributed by atoms with Crippen molar-refractivity contribution >= 4 is 28.6 Å². The zero-order valence-electron chi connectivity index (χ0n) is 20.9. The minimum atomic E-state index is -2.30. The Balaban J connectivity index is 4.83. The Hall–Kier alpha value is -1.27. The van der Waals surface area contributed by atoms with Crippen molar-refractivity contribution in [2.75, 3.05) is 26.4 Å². The van der Waals surface area contributed by atoms with E-state index < -0.39 is 33.8 Å². The lowest BCUT2D eigenvalue weighted by Gasteiger charge is -2.45. The van der Waals surface area contributed by atoms with E-state index in [-0.39, 0.29) is 18.9 Å². The van der Waals surface area contributed by atoms with E-state index in [0.717, 1.165) is 6.42 Å². The molecule has 0 spiro atoms. The van der Waals surface area contributed by atoms with Crippen molar-refractivity contribution in [2.45, 2.75) is 78.2 Å². The molecule has 0 aromatic rings. The van der Waals surface area contributed by atoms with Crippen LogP contribution in [0.2, 0.25) is 26.2 Å². The summed E-state index contributed by atoms with van der Waals surface area (Å²) in [5.74, 6) is -0.826. The summed E-state index contributed by atoms with van der Waals surface area (Å²) in [6, 6.07) is 0. The summed E-state index contributed by atoms with van der Waals surface area (Å²) in [5, 5.41) is -0.482. The number of carbonyl (C=O) groups is 2. The molecule has 0 aliphatic rings. The van der Waals surface area contributed by atoms with Gasteiger partial charge in [-0.15, -0.1) is 0 Å². The molecule has 31 heavy (non-hydrogen) atoms. The SMILES string of the molecule is C=C(C)C(=O)OCCOC(CC)[Si](C)(C)OC(C)(C)[Si](C)(C)OCCOC(=O)C(=C)C. The molecule has 0 bridgehead atoms. The van der Waals surface area contributed by atoms with Gasteiger partial charge in [-0.05, 0) is 60.3 Å². The lowest BCUT2D eigenvalue weighted by molar-refractivity contribution is -0.141. The van der Waals surface area contributed by atoms with Gasteiger partial charge < -0.3 is 23.1 Å². The van der Waals surface area contributed by atoms with Crippen LogP contribution in [0.15, 0.2) is 24.3 Å². The molecule has 0 saturated heterocycles. The van der Waals surface area contributed by atoms with E-state index in [0.29, 0.717) is 24.4 Å². The maximum atomic E-state index is 11.5. The Bertz CT molecular complexity index is 642. The van der Waals surface area contributed by atoms with Crippen LogP contribution >= 0.6 is 0 Å². The van der Waals surface area contributed by atoms with Crippen LogP contribution < -0.4 is 0 Å². The van der Waals surface area contributed by atoms with Gasteiger partial charge >= 0.3 is 11.9 Å². The van der Waals surface area contributed by atoms with Crippen molar-refractivity contribution in [3.63, 3.8) is 0 Å². The second kappa shape index (κ2) is 12.7. The summed E-state index contributed by atoms with van der Waals surface area (Å²) in [6.45, 7) is 26.0. The lowest BCUT2D eigenvalue weighted by atomic mass is 10.4. The molecule has 0 saturated carbocycles. The lowest BCUT2D eigenvalue weighted by Crippen LogP contribution is -2.62. The van der Waals surface area contributed by atoms with Crippen molar-refractivity contribution in [3.05, 3.63) is 24.3 Å². The van der Waals surface area contributed by atoms with Crippen molar-refractivity contribution < 1.29 is 32.7 Å². The van der Waals surface area contributed by atoms with Gasteiger partial charge in [-0.25, -0.2) is 9.59 Å². The molecule has 180 valence electrons. The van der Waals surface area contributed by atoms with E-state index in [4.69, 9.17) is 23.1 Å². The average Bonchev–Trinajstić information content (AvgIpc) is 2.63. The molecule has 1 atom stereocenters. The number of carbonyl (C=O) groups excluding carboxylic acids is 2. The maximum Gasteiger partial charge on any atom is 0.333 e. The second-order valence-corrected chi connectivity index (χ2v) is 17.7. The molecule has 0 N–H and O–H groups in total. The molecule has 0 rings (SSSR count). The number of ether oxygens (including phenoxy) is 3. The van der Waals surface area contributed by atoms with Gasteiger partial charge in [-0.3, -0.25) is 0 Å². The summed E-state index contributed by atoms with van der Waals surface area (Å²) < 4.78 is 29.1. The molecule has 0 radical (unpaired) electrons. The fourth-order valence-corrected chi connectivity index (χ4v) is 8.50. The monoisotopic (exact) mass is 474 g/mol. The second-order valence-electron chi connectivity index (χ2n) is 9.17. The molecular formula is C22H42O7Si2. The molecule has 0 fully saturated rings. The Morgan fingerprint density at radius 1 is 0.871 bits per heavy atom. The minimum absolute atomic E-state index is 0.0587. The highest BCUT2D eigenvalue weighted by molar-refractivity contribution is 6.77. The number of hydrogen-bond donors (Lipinski definition) is 0. The zero-order chi connectivity index (χ0) is 24.5. The predicted molar refractivity (Wildman–Crippen MR) is 128 cm³/mol. The summed E-state index contributed by atoms with van der Waals surface area (Å²) >= 11 is 0. The van der Waals surface area contributed by atoms with Crippen molar-refractivity contribution in [2.24, 2.45) is 0 Å². The first-order chi connectivity index (χ1) is 14.1. The summed E-state index contributed by atoms with van der Waals surface area (Å²) in [6.07, 6.45) is 0.795. The minimum Gasteiger partial charge on any atom is -0.460 e. The Morgan fingerprint density at radius 3 is 1.74 bits per heavy atom. The molecule has 0 heterocycles. The summed E-state index contributed by atoms with van der Waals surface area (Å²) in [4.78, 5) is 23.0. The molecule has 0 aliphatic carbocycles. The van der Waals surface area contributed by atoms with E-state index in [2.05, 4.69) is 60.1 Å². The standard InChI is InChI=1S/C22H42O7Si2/c1-12-19(25-13-14-26-20(23)17(2)3)30(8,9)29-22(6,7)31(10,11)28-16-15-27-21(24)18(4)5/h19H,2,4,12-16H2,1,3,5-11H3.